The van der Waals surface area contributed by atoms with E-state index in [0.717, 1.165) is 33.8 Å². The highest BCUT2D eigenvalue weighted by atomic mass is 19.4. The fourth-order valence-electron chi connectivity index (χ4n) is 4.99. The van der Waals surface area contributed by atoms with E-state index in [0.29, 0.717) is 51.3 Å². The molecular formula is C27H29F3N6O2. The monoisotopic (exact) mass is 526 g/mol. The zero-order valence-corrected chi connectivity index (χ0v) is 21.0. The van der Waals surface area contributed by atoms with Gasteiger partial charge in [-0.3, -0.25) is 14.5 Å². The van der Waals surface area contributed by atoms with Gasteiger partial charge in [-0.15, -0.1) is 5.10 Å². The predicted octanol–water partition coefficient (Wildman–Crippen LogP) is 3.85. The van der Waals surface area contributed by atoms with E-state index in [1.54, 1.807) is 4.90 Å². The van der Waals surface area contributed by atoms with E-state index in [9.17, 15) is 22.8 Å². The number of alkyl halides is 3. The standard InChI is InChI=1S/C27H29F3N6O2/c1-18-2-6-21(7-3-18)35-13-10-22-24(26(35)38)36(32-25(22)31)23(37)11-12-33-14-16-34(17-15-33)20-8-4-19(5-9-20)27(28,29)30/h2-9H,10-17H2,1H3,(H2,31,32). The van der Waals surface area contributed by atoms with Gasteiger partial charge in [-0.2, -0.15) is 17.9 Å². The SMILES string of the molecule is Cc1ccc(N2CCc3c(N)nn(C(=O)CCN4CCN(c5ccc(C(F)(F)F)cc5)CC4)c3C2=O)cc1. The largest absolute Gasteiger partial charge is 0.416 e. The smallest absolute Gasteiger partial charge is 0.382 e. The maximum atomic E-state index is 13.4. The van der Waals surface area contributed by atoms with E-state index in [2.05, 4.69) is 10.00 Å². The molecule has 5 rings (SSSR count). The number of hydrogen-bond acceptors (Lipinski definition) is 6. The Labute approximate surface area is 218 Å². The lowest BCUT2D eigenvalue weighted by molar-refractivity contribution is -0.137. The summed E-state index contributed by atoms with van der Waals surface area (Å²) in [5.41, 5.74) is 8.83. The van der Waals surface area contributed by atoms with Crippen molar-refractivity contribution in [2.24, 2.45) is 0 Å². The number of carbonyl (C=O) groups excluding carboxylic acids is 2. The van der Waals surface area contributed by atoms with Crippen molar-refractivity contribution in [3.8, 4) is 0 Å². The lowest BCUT2D eigenvalue weighted by Gasteiger charge is -2.36. The highest BCUT2D eigenvalue weighted by Gasteiger charge is 2.34. The summed E-state index contributed by atoms with van der Waals surface area (Å²) < 4.78 is 39.6. The molecule has 38 heavy (non-hydrogen) atoms. The molecule has 1 amide bonds. The lowest BCUT2D eigenvalue weighted by atomic mass is 10.0. The number of piperazine rings is 1. The molecule has 1 aromatic heterocycles. The predicted molar refractivity (Wildman–Crippen MR) is 139 cm³/mol. The van der Waals surface area contributed by atoms with Crippen LogP contribution >= 0.6 is 0 Å². The summed E-state index contributed by atoms with van der Waals surface area (Å²) in [6.07, 6.45) is -3.68. The van der Waals surface area contributed by atoms with E-state index in [1.807, 2.05) is 36.1 Å². The molecule has 2 aliphatic rings. The molecule has 0 spiro atoms. The highest BCUT2D eigenvalue weighted by Crippen LogP contribution is 2.31. The molecule has 0 atom stereocenters. The van der Waals surface area contributed by atoms with E-state index in [4.69, 9.17) is 5.73 Å². The molecule has 200 valence electrons. The topological polar surface area (TPSA) is 87.7 Å². The number of nitrogens with zero attached hydrogens (tertiary/aromatic N) is 5. The van der Waals surface area contributed by atoms with Crippen LogP contribution < -0.4 is 15.5 Å². The third kappa shape index (κ3) is 5.10. The van der Waals surface area contributed by atoms with Gasteiger partial charge in [-0.05, 0) is 49.7 Å². The number of fused-ring (bicyclic) bond motifs is 1. The molecule has 3 aromatic rings. The van der Waals surface area contributed by atoms with Crippen molar-refractivity contribution in [3.63, 3.8) is 0 Å². The molecule has 11 heteroatoms. The Morgan fingerprint density at radius 3 is 2.21 bits per heavy atom. The van der Waals surface area contributed by atoms with Crippen LogP contribution in [-0.2, 0) is 12.6 Å². The van der Waals surface area contributed by atoms with Gasteiger partial charge in [0.2, 0.25) is 5.91 Å². The van der Waals surface area contributed by atoms with Crippen LogP contribution in [0.1, 0.15) is 38.4 Å². The van der Waals surface area contributed by atoms with Crippen molar-refractivity contribution in [1.82, 2.24) is 14.7 Å². The van der Waals surface area contributed by atoms with E-state index >= 15 is 0 Å². The first-order valence-corrected chi connectivity index (χ1v) is 12.6. The quantitative estimate of drug-likeness (QED) is 0.544. The second-order valence-corrected chi connectivity index (χ2v) is 9.68. The molecule has 2 aliphatic heterocycles. The first-order valence-electron chi connectivity index (χ1n) is 12.6. The van der Waals surface area contributed by atoms with Gasteiger partial charge < -0.3 is 15.5 Å². The molecule has 0 bridgehead atoms. The van der Waals surface area contributed by atoms with Gasteiger partial charge in [0.05, 0.1) is 5.56 Å². The average Bonchev–Trinajstić information content (AvgIpc) is 3.25. The van der Waals surface area contributed by atoms with Crippen molar-refractivity contribution in [1.29, 1.82) is 0 Å². The zero-order chi connectivity index (χ0) is 27.0. The van der Waals surface area contributed by atoms with Crippen LogP contribution in [-0.4, -0.2) is 65.8 Å². The number of aromatic nitrogens is 2. The molecule has 0 unspecified atom stereocenters. The fourth-order valence-corrected chi connectivity index (χ4v) is 4.99. The van der Waals surface area contributed by atoms with Crippen LogP contribution in [0.15, 0.2) is 48.5 Å². The number of hydrogen-bond donors (Lipinski definition) is 1. The Bertz CT molecular complexity index is 1330. The minimum Gasteiger partial charge on any atom is -0.382 e. The van der Waals surface area contributed by atoms with Crippen molar-refractivity contribution >= 4 is 29.0 Å². The van der Waals surface area contributed by atoms with Crippen molar-refractivity contribution < 1.29 is 22.8 Å². The Balaban J connectivity index is 1.20. The molecule has 0 saturated carbocycles. The van der Waals surface area contributed by atoms with Gasteiger partial charge in [0.15, 0.2) is 0 Å². The molecule has 2 aromatic carbocycles. The summed E-state index contributed by atoms with van der Waals surface area (Å²) in [5.74, 6) is -0.393. The normalized spacial score (nSPS) is 16.6. The Morgan fingerprint density at radius 2 is 1.58 bits per heavy atom. The molecule has 0 aliphatic carbocycles. The van der Waals surface area contributed by atoms with Crippen molar-refractivity contribution in [2.75, 3.05) is 54.8 Å². The molecule has 1 saturated heterocycles. The average molecular weight is 527 g/mol. The van der Waals surface area contributed by atoms with E-state index in [1.165, 1.54) is 12.1 Å². The molecular weight excluding hydrogens is 497 g/mol. The van der Waals surface area contributed by atoms with E-state index < -0.39 is 11.7 Å². The van der Waals surface area contributed by atoms with Crippen LogP contribution in [0.25, 0.3) is 0 Å². The number of anilines is 3. The zero-order valence-electron chi connectivity index (χ0n) is 21.0. The number of nitrogens with two attached hydrogens (primary N) is 1. The third-order valence-electron chi connectivity index (χ3n) is 7.20. The summed E-state index contributed by atoms with van der Waals surface area (Å²) in [5, 5.41) is 4.22. The van der Waals surface area contributed by atoms with E-state index in [-0.39, 0.29) is 29.7 Å². The first-order chi connectivity index (χ1) is 18.1. The molecule has 0 radical (unpaired) electrons. The Morgan fingerprint density at radius 1 is 0.947 bits per heavy atom. The lowest BCUT2D eigenvalue weighted by Crippen LogP contribution is -2.47. The summed E-state index contributed by atoms with van der Waals surface area (Å²) in [6, 6.07) is 12.8. The van der Waals surface area contributed by atoms with Gasteiger partial charge in [0.25, 0.3) is 5.91 Å². The number of amides is 1. The minimum atomic E-state index is -4.36. The number of nitrogen functional groups attached to an aromatic ring is 1. The highest BCUT2D eigenvalue weighted by molar-refractivity contribution is 6.09. The number of carbonyl (C=O) groups is 2. The number of rotatable bonds is 5. The minimum absolute atomic E-state index is 0.158. The fraction of sp³-hybridized carbons (Fsp3) is 0.370. The summed E-state index contributed by atoms with van der Waals surface area (Å²) >= 11 is 0. The number of benzene rings is 2. The van der Waals surface area contributed by atoms with Crippen LogP contribution in [0.2, 0.25) is 0 Å². The van der Waals surface area contributed by atoms with Gasteiger partial charge >= 0.3 is 6.18 Å². The Hall–Kier alpha value is -3.86. The second-order valence-electron chi connectivity index (χ2n) is 9.68. The summed E-state index contributed by atoms with van der Waals surface area (Å²) in [7, 11) is 0. The maximum absolute atomic E-state index is 13.4. The Kier molecular flexibility index (Phi) is 6.87. The summed E-state index contributed by atoms with van der Waals surface area (Å²) in [4.78, 5) is 32.3. The maximum Gasteiger partial charge on any atom is 0.416 e. The van der Waals surface area contributed by atoms with Crippen molar-refractivity contribution in [2.45, 2.75) is 25.9 Å². The van der Waals surface area contributed by atoms with Crippen LogP contribution in [0, 0.1) is 6.92 Å². The summed E-state index contributed by atoms with van der Waals surface area (Å²) in [6.45, 7) is 5.50. The molecule has 2 N–H and O–H groups in total. The van der Waals surface area contributed by atoms with Crippen LogP contribution in [0.5, 0.6) is 0 Å². The number of aryl methyl sites for hydroxylation is 1. The molecule has 8 nitrogen and oxygen atoms in total. The molecule has 3 heterocycles. The molecule has 1 fully saturated rings. The van der Waals surface area contributed by atoms with Crippen molar-refractivity contribution in [3.05, 3.63) is 70.9 Å². The van der Waals surface area contributed by atoms with Gasteiger partial charge in [0.1, 0.15) is 11.5 Å². The second kappa shape index (κ2) is 10.1. The van der Waals surface area contributed by atoms with Gasteiger partial charge in [-0.1, -0.05) is 17.7 Å². The van der Waals surface area contributed by atoms with Gasteiger partial charge in [-0.25, -0.2) is 0 Å². The number of halogens is 3. The first kappa shape index (κ1) is 25.8. The third-order valence-corrected chi connectivity index (χ3v) is 7.20. The van der Waals surface area contributed by atoms with Gasteiger partial charge in [0, 0.05) is 62.6 Å². The van der Waals surface area contributed by atoms with Crippen LogP contribution in [0.4, 0.5) is 30.4 Å². The van der Waals surface area contributed by atoms with Crippen LogP contribution in [0.3, 0.4) is 0 Å².